The molecule has 2 N–H and O–H groups in total. The number of carbonyl (C=O) groups excluding carboxylic acids is 1. The molecule has 0 bridgehead atoms. The lowest BCUT2D eigenvalue weighted by molar-refractivity contribution is -0.136. The number of carboxylic acids is 1. The Bertz CT molecular complexity index is 1100. The predicted molar refractivity (Wildman–Crippen MR) is 131 cm³/mol. The highest BCUT2D eigenvalue weighted by atomic mass is 16.5. The number of hydrogen-bond donors (Lipinski definition) is 2. The van der Waals surface area contributed by atoms with Gasteiger partial charge in [0.05, 0.1) is 12.1 Å². The summed E-state index contributed by atoms with van der Waals surface area (Å²) in [7, 11) is 3.69. The zero-order valence-electron chi connectivity index (χ0n) is 19.9. The van der Waals surface area contributed by atoms with Crippen molar-refractivity contribution in [3.05, 3.63) is 82.8 Å². The lowest BCUT2D eigenvalue weighted by Crippen LogP contribution is -2.20. The molecule has 178 valence electrons. The minimum atomic E-state index is -0.910. The van der Waals surface area contributed by atoms with Crippen molar-refractivity contribution in [2.45, 2.75) is 39.2 Å². The van der Waals surface area contributed by atoms with Crippen molar-refractivity contribution in [3.63, 3.8) is 0 Å². The van der Waals surface area contributed by atoms with E-state index in [-0.39, 0.29) is 18.9 Å². The first-order valence-electron chi connectivity index (χ1n) is 11.1. The molecule has 0 saturated heterocycles. The molecule has 0 atom stereocenters. The summed E-state index contributed by atoms with van der Waals surface area (Å²) in [5.41, 5.74) is 3.89. The van der Waals surface area contributed by atoms with Gasteiger partial charge in [-0.1, -0.05) is 56.3 Å². The van der Waals surface area contributed by atoms with E-state index in [0.717, 1.165) is 16.8 Å². The van der Waals surface area contributed by atoms with Gasteiger partial charge in [-0.2, -0.15) is 0 Å². The Balaban J connectivity index is 1.70. The van der Waals surface area contributed by atoms with Crippen molar-refractivity contribution >= 4 is 23.6 Å². The second-order valence-electron chi connectivity index (χ2n) is 8.51. The summed E-state index contributed by atoms with van der Waals surface area (Å²) in [6.45, 7) is 4.19. The zero-order chi connectivity index (χ0) is 24.7. The summed E-state index contributed by atoms with van der Waals surface area (Å²) in [5.74, 6) is 0.384. The Labute approximate surface area is 199 Å². The van der Waals surface area contributed by atoms with Gasteiger partial charge < -0.3 is 14.7 Å². The summed E-state index contributed by atoms with van der Waals surface area (Å²) in [6, 6.07) is 16.9. The molecule has 0 radical (unpaired) electrons. The molecule has 8 heteroatoms. The van der Waals surface area contributed by atoms with Crippen LogP contribution >= 0.6 is 0 Å². The van der Waals surface area contributed by atoms with Crippen LogP contribution in [0.25, 0.3) is 0 Å². The molecule has 8 nitrogen and oxygen atoms in total. The molecule has 3 rings (SSSR count). The molecule has 1 heterocycles. The second-order valence-corrected chi connectivity index (χ2v) is 8.51. The molecule has 1 aromatic heterocycles. The summed E-state index contributed by atoms with van der Waals surface area (Å²) in [4.78, 5) is 34.6. The number of ether oxygens (including phenoxy) is 1. The maximum atomic E-state index is 12.1. The summed E-state index contributed by atoms with van der Waals surface area (Å²) < 4.78 is 5.25. The predicted octanol–water partition coefficient (Wildman–Crippen LogP) is 4.63. The van der Waals surface area contributed by atoms with Gasteiger partial charge in [0.2, 0.25) is 0 Å². The van der Waals surface area contributed by atoms with Gasteiger partial charge in [0.25, 0.3) is 0 Å². The fourth-order valence-electron chi connectivity index (χ4n) is 3.55. The molecule has 3 aromatic rings. The highest BCUT2D eigenvalue weighted by molar-refractivity contribution is 5.84. The minimum absolute atomic E-state index is 0.0586. The quantitative estimate of drug-likeness (QED) is 0.478. The van der Waals surface area contributed by atoms with Crippen LogP contribution in [0, 0.1) is 0 Å². The van der Waals surface area contributed by atoms with Crippen molar-refractivity contribution in [3.8, 4) is 0 Å². The van der Waals surface area contributed by atoms with E-state index in [2.05, 4.69) is 10.3 Å². The molecular weight excluding hydrogens is 432 g/mol. The average Bonchev–Trinajstić information content (AvgIpc) is 2.80. The largest absolute Gasteiger partial charge is 0.481 e. The van der Waals surface area contributed by atoms with Crippen LogP contribution in [0.15, 0.2) is 54.6 Å². The molecule has 34 heavy (non-hydrogen) atoms. The van der Waals surface area contributed by atoms with Crippen LogP contribution in [0.2, 0.25) is 0 Å². The van der Waals surface area contributed by atoms with Crippen molar-refractivity contribution < 1.29 is 19.4 Å². The Morgan fingerprint density at radius 2 is 1.68 bits per heavy atom. The molecule has 0 fully saturated rings. The van der Waals surface area contributed by atoms with E-state index < -0.39 is 12.1 Å². The number of carboxylic acid groups (broad SMARTS) is 1. The van der Waals surface area contributed by atoms with E-state index in [1.165, 1.54) is 0 Å². The smallest absolute Gasteiger partial charge is 0.411 e. The van der Waals surface area contributed by atoms with E-state index in [9.17, 15) is 14.7 Å². The Morgan fingerprint density at radius 1 is 1.00 bits per heavy atom. The number of hydrogen-bond acceptors (Lipinski definition) is 6. The van der Waals surface area contributed by atoms with Crippen LogP contribution in [-0.4, -0.2) is 41.2 Å². The summed E-state index contributed by atoms with van der Waals surface area (Å²) in [6.07, 6.45) is -0.166. The van der Waals surface area contributed by atoms with Gasteiger partial charge in [0.15, 0.2) is 0 Å². The van der Waals surface area contributed by atoms with Crippen LogP contribution in [-0.2, 0) is 29.0 Å². The number of nitrogens with one attached hydrogen (secondary N) is 1. The van der Waals surface area contributed by atoms with Gasteiger partial charge in [-0.25, -0.2) is 14.8 Å². The number of carbonyl (C=O) groups is 2. The number of amides is 1. The highest BCUT2D eigenvalue weighted by Gasteiger charge is 2.20. The van der Waals surface area contributed by atoms with Crippen LogP contribution < -0.4 is 10.2 Å². The Hall–Kier alpha value is -3.94. The number of aromatic nitrogens is 2. The first-order chi connectivity index (χ1) is 16.2. The van der Waals surface area contributed by atoms with Gasteiger partial charge in [0.1, 0.15) is 18.2 Å². The standard InChI is InChI=1S/C26H30N4O4/c1-17(2)24-21(15-23(31)32)25(30(3)4)29-22(28-24)14-18-10-12-20(13-11-18)27-26(33)34-16-19-8-6-5-7-9-19/h5-13,17H,14-16H2,1-4H3,(H,27,33)(H,31,32). The fraction of sp³-hybridized carbons (Fsp3) is 0.308. The van der Waals surface area contributed by atoms with Gasteiger partial charge >= 0.3 is 12.1 Å². The zero-order valence-corrected chi connectivity index (χ0v) is 19.9. The van der Waals surface area contributed by atoms with Crippen molar-refractivity contribution in [2.24, 2.45) is 0 Å². The normalized spacial score (nSPS) is 10.7. The Kier molecular flexibility index (Phi) is 8.19. The third-order valence-corrected chi connectivity index (χ3v) is 5.14. The molecule has 0 aliphatic rings. The number of nitrogens with zero attached hydrogens (tertiary/aromatic N) is 3. The Morgan fingerprint density at radius 3 is 2.26 bits per heavy atom. The monoisotopic (exact) mass is 462 g/mol. The molecule has 1 amide bonds. The van der Waals surface area contributed by atoms with Gasteiger partial charge in [-0.05, 0) is 29.2 Å². The van der Waals surface area contributed by atoms with E-state index >= 15 is 0 Å². The molecule has 0 unspecified atom stereocenters. The van der Waals surface area contributed by atoms with Crippen LogP contribution in [0.1, 0.15) is 48.0 Å². The summed E-state index contributed by atoms with van der Waals surface area (Å²) in [5, 5.41) is 12.1. The van der Waals surface area contributed by atoms with E-state index in [4.69, 9.17) is 9.72 Å². The fourth-order valence-corrected chi connectivity index (χ4v) is 3.55. The van der Waals surface area contributed by atoms with Gasteiger partial charge in [-0.15, -0.1) is 0 Å². The number of benzene rings is 2. The van der Waals surface area contributed by atoms with E-state index in [0.29, 0.717) is 29.3 Å². The molecule has 0 spiro atoms. The minimum Gasteiger partial charge on any atom is -0.481 e. The highest BCUT2D eigenvalue weighted by Crippen LogP contribution is 2.26. The lowest BCUT2D eigenvalue weighted by Gasteiger charge is -2.21. The van der Waals surface area contributed by atoms with E-state index in [1.54, 1.807) is 12.1 Å². The van der Waals surface area contributed by atoms with Crippen LogP contribution in [0.5, 0.6) is 0 Å². The lowest BCUT2D eigenvalue weighted by atomic mass is 10.0. The molecule has 0 aliphatic heterocycles. The maximum Gasteiger partial charge on any atom is 0.411 e. The number of aliphatic carboxylic acids is 1. The van der Waals surface area contributed by atoms with Crippen molar-refractivity contribution in [2.75, 3.05) is 24.3 Å². The first kappa shape index (κ1) is 24.7. The SMILES string of the molecule is CC(C)c1nc(Cc2ccc(NC(=O)OCc3ccccc3)cc2)nc(N(C)C)c1CC(=O)O. The maximum absolute atomic E-state index is 12.1. The summed E-state index contributed by atoms with van der Waals surface area (Å²) >= 11 is 0. The average molecular weight is 463 g/mol. The van der Waals surface area contributed by atoms with Crippen molar-refractivity contribution in [1.29, 1.82) is 0 Å². The number of anilines is 2. The van der Waals surface area contributed by atoms with E-state index in [1.807, 2.05) is 75.3 Å². The van der Waals surface area contributed by atoms with Crippen LogP contribution in [0.3, 0.4) is 0 Å². The molecule has 0 saturated carbocycles. The third-order valence-electron chi connectivity index (χ3n) is 5.14. The molecule has 2 aromatic carbocycles. The number of rotatable bonds is 9. The van der Waals surface area contributed by atoms with Gasteiger partial charge in [-0.3, -0.25) is 10.1 Å². The molecular formula is C26H30N4O4. The van der Waals surface area contributed by atoms with Crippen LogP contribution in [0.4, 0.5) is 16.3 Å². The first-order valence-corrected chi connectivity index (χ1v) is 11.1. The topological polar surface area (TPSA) is 105 Å². The van der Waals surface area contributed by atoms with Crippen molar-refractivity contribution in [1.82, 2.24) is 9.97 Å². The molecule has 0 aliphatic carbocycles. The van der Waals surface area contributed by atoms with Gasteiger partial charge in [0, 0.05) is 31.8 Å². The third kappa shape index (κ3) is 6.78. The second kappa shape index (κ2) is 11.3.